The molecule has 1 saturated heterocycles. The van der Waals surface area contributed by atoms with Gasteiger partial charge in [-0.2, -0.15) is 10.5 Å². The standard InChI is InChI=1S/C20H26N2O3Si/c1-20(2,3)26(4,5)25-19-14-23-13-18(19)24-17-8-6-15(7-9-17)10-16(11-21)12-22/h6-10,18-19H,13-14H2,1-5H3/t18-,19-/m0/s1. The van der Waals surface area contributed by atoms with Gasteiger partial charge in [0.15, 0.2) is 8.32 Å². The van der Waals surface area contributed by atoms with Crippen molar-refractivity contribution in [2.75, 3.05) is 13.2 Å². The van der Waals surface area contributed by atoms with E-state index in [9.17, 15) is 0 Å². The molecule has 0 spiro atoms. The highest BCUT2D eigenvalue weighted by atomic mass is 28.4. The van der Waals surface area contributed by atoms with Crippen LogP contribution in [-0.4, -0.2) is 33.7 Å². The third kappa shape index (κ3) is 4.95. The molecule has 1 aromatic rings. The lowest BCUT2D eigenvalue weighted by molar-refractivity contribution is 0.0807. The highest BCUT2D eigenvalue weighted by molar-refractivity contribution is 6.74. The summed E-state index contributed by atoms with van der Waals surface area (Å²) in [5.41, 5.74) is 0.859. The van der Waals surface area contributed by atoms with Crippen LogP contribution in [-0.2, 0) is 9.16 Å². The zero-order valence-corrected chi connectivity index (χ0v) is 17.1. The lowest BCUT2D eigenvalue weighted by Gasteiger charge is -2.39. The maximum absolute atomic E-state index is 8.82. The van der Waals surface area contributed by atoms with Gasteiger partial charge in [0.2, 0.25) is 0 Å². The van der Waals surface area contributed by atoms with Crippen LogP contribution in [0.2, 0.25) is 18.1 Å². The van der Waals surface area contributed by atoms with Gasteiger partial charge in [0, 0.05) is 0 Å². The quantitative estimate of drug-likeness (QED) is 0.571. The van der Waals surface area contributed by atoms with Crippen molar-refractivity contribution in [3.05, 3.63) is 35.4 Å². The molecule has 1 fully saturated rings. The molecule has 0 bridgehead atoms. The number of rotatable bonds is 5. The molecule has 26 heavy (non-hydrogen) atoms. The van der Waals surface area contributed by atoms with E-state index in [1.807, 2.05) is 36.4 Å². The van der Waals surface area contributed by atoms with Gasteiger partial charge in [0.1, 0.15) is 35.7 Å². The van der Waals surface area contributed by atoms with Crippen LogP contribution >= 0.6 is 0 Å². The summed E-state index contributed by atoms with van der Waals surface area (Å²) >= 11 is 0. The van der Waals surface area contributed by atoms with Crippen LogP contribution in [0.25, 0.3) is 6.08 Å². The van der Waals surface area contributed by atoms with Gasteiger partial charge in [-0.3, -0.25) is 0 Å². The SMILES string of the molecule is CC(C)(C)[Si](C)(C)O[C@H]1COC[C@@H]1Oc1ccc(C=C(C#N)C#N)cc1. The van der Waals surface area contributed by atoms with Crippen LogP contribution in [0.5, 0.6) is 5.75 Å². The monoisotopic (exact) mass is 370 g/mol. The van der Waals surface area contributed by atoms with E-state index in [0.29, 0.717) is 13.2 Å². The zero-order valence-electron chi connectivity index (χ0n) is 16.1. The molecule has 2 rings (SSSR count). The van der Waals surface area contributed by atoms with Gasteiger partial charge in [-0.05, 0) is 41.9 Å². The molecule has 0 N–H and O–H groups in total. The molecular formula is C20H26N2O3Si. The minimum Gasteiger partial charge on any atom is -0.485 e. The third-order valence-corrected chi connectivity index (χ3v) is 9.45. The number of hydrogen-bond donors (Lipinski definition) is 0. The van der Waals surface area contributed by atoms with E-state index in [1.165, 1.54) is 0 Å². The van der Waals surface area contributed by atoms with Gasteiger partial charge in [0.25, 0.3) is 0 Å². The Bertz CT molecular complexity index is 720. The van der Waals surface area contributed by atoms with Crippen molar-refractivity contribution in [2.45, 2.75) is 51.1 Å². The lowest BCUT2D eigenvalue weighted by Crippen LogP contribution is -2.47. The van der Waals surface area contributed by atoms with Gasteiger partial charge >= 0.3 is 0 Å². The normalized spacial score (nSPS) is 20.1. The molecule has 1 aliphatic heterocycles. The van der Waals surface area contributed by atoms with Gasteiger partial charge < -0.3 is 13.9 Å². The van der Waals surface area contributed by atoms with Gasteiger partial charge in [0.05, 0.1) is 13.2 Å². The summed E-state index contributed by atoms with van der Waals surface area (Å²) in [6.07, 6.45) is 1.34. The molecule has 0 unspecified atom stereocenters. The van der Waals surface area contributed by atoms with E-state index < -0.39 is 8.32 Å². The first kappa shape index (κ1) is 20.2. The number of nitrogens with zero attached hydrogens (tertiary/aromatic N) is 2. The van der Waals surface area contributed by atoms with Crippen molar-refractivity contribution in [1.82, 2.24) is 0 Å². The molecule has 1 aliphatic rings. The summed E-state index contributed by atoms with van der Waals surface area (Å²) in [6, 6.07) is 11.0. The van der Waals surface area contributed by atoms with Crippen LogP contribution in [0.1, 0.15) is 26.3 Å². The molecule has 1 heterocycles. The van der Waals surface area contributed by atoms with Crippen molar-refractivity contribution in [1.29, 1.82) is 10.5 Å². The topological polar surface area (TPSA) is 75.3 Å². The number of nitriles is 2. The van der Waals surface area contributed by atoms with Gasteiger partial charge in [-0.25, -0.2) is 0 Å². The fraction of sp³-hybridized carbons (Fsp3) is 0.500. The molecule has 0 aromatic heterocycles. The summed E-state index contributed by atoms with van der Waals surface area (Å²) < 4.78 is 18.1. The van der Waals surface area contributed by atoms with Crippen molar-refractivity contribution in [3.63, 3.8) is 0 Å². The predicted octanol–water partition coefficient (Wildman–Crippen LogP) is 4.29. The zero-order chi connectivity index (χ0) is 19.4. The number of benzene rings is 1. The molecule has 2 atom stereocenters. The number of ether oxygens (including phenoxy) is 2. The average Bonchev–Trinajstić information content (AvgIpc) is 2.99. The van der Waals surface area contributed by atoms with Gasteiger partial charge in [-0.15, -0.1) is 0 Å². The summed E-state index contributed by atoms with van der Waals surface area (Å²) in [4.78, 5) is 0. The highest BCUT2D eigenvalue weighted by Gasteiger charge is 2.43. The lowest BCUT2D eigenvalue weighted by atomic mass is 10.1. The van der Waals surface area contributed by atoms with Crippen LogP contribution in [0.3, 0.4) is 0 Å². The molecule has 0 saturated carbocycles. The fourth-order valence-corrected chi connectivity index (χ4v) is 3.69. The first-order valence-electron chi connectivity index (χ1n) is 8.70. The molecule has 0 aliphatic carbocycles. The second-order valence-electron chi connectivity index (χ2n) is 7.96. The Morgan fingerprint density at radius 3 is 2.23 bits per heavy atom. The second kappa shape index (κ2) is 8.05. The Balaban J connectivity index is 2.05. The Hall–Kier alpha value is -2.12. The predicted molar refractivity (Wildman–Crippen MR) is 103 cm³/mol. The molecular weight excluding hydrogens is 344 g/mol. The van der Waals surface area contributed by atoms with E-state index in [2.05, 4.69) is 33.9 Å². The van der Waals surface area contributed by atoms with E-state index in [0.717, 1.165) is 11.3 Å². The largest absolute Gasteiger partial charge is 0.485 e. The van der Waals surface area contributed by atoms with Crippen molar-refractivity contribution in [3.8, 4) is 17.9 Å². The van der Waals surface area contributed by atoms with Gasteiger partial charge in [-0.1, -0.05) is 32.9 Å². The van der Waals surface area contributed by atoms with E-state index in [-0.39, 0.29) is 22.8 Å². The molecule has 0 radical (unpaired) electrons. The van der Waals surface area contributed by atoms with E-state index in [4.69, 9.17) is 24.4 Å². The average molecular weight is 371 g/mol. The summed E-state index contributed by atoms with van der Waals surface area (Å²) in [5, 5.41) is 17.8. The van der Waals surface area contributed by atoms with Crippen molar-refractivity contribution < 1.29 is 13.9 Å². The minimum absolute atomic E-state index is 0.0701. The first-order chi connectivity index (χ1) is 12.2. The van der Waals surface area contributed by atoms with Crippen LogP contribution < -0.4 is 4.74 Å². The van der Waals surface area contributed by atoms with Crippen LogP contribution in [0.4, 0.5) is 0 Å². The van der Waals surface area contributed by atoms with Crippen LogP contribution in [0.15, 0.2) is 29.8 Å². The van der Waals surface area contributed by atoms with Crippen molar-refractivity contribution in [2.24, 2.45) is 0 Å². The number of allylic oxidation sites excluding steroid dienone is 1. The Morgan fingerprint density at radius 1 is 1.12 bits per heavy atom. The molecule has 1 aromatic carbocycles. The Labute approximate surface area is 156 Å². The maximum atomic E-state index is 8.82. The fourth-order valence-electron chi connectivity index (χ4n) is 2.36. The molecule has 5 nitrogen and oxygen atoms in total. The Kier molecular flexibility index (Phi) is 6.25. The maximum Gasteiger partial charge on any atom is 0.192 e. The summed E-state index contributed by atoms with van der Waals surface area (Å²) in [5.74, 6) is 0.719. The smallest absolute Gasteiger partial charge is 0.192 e. The molecule has 6 heteroatoms. The summed E-state index contributed by atoms with van der Waals surface area (Å²) in [7, 11) is -1.89. The highest BCUT2D eigenvalue weighted by Crippen LogP contribution is 2.38. The molecule has 138 valence electrons. The van der Waals surface area contributed by atoms with Crippen LogP contribution in [0, 0.1) is 22.7 Å². The Morgan fingerprint density at radius 2 is 1.69 bits per heavy atom. The molecule has 0 amide bonds. The second-order valence-corrected chi connectivity index (χ2v) is 12.7. The van der Waals surface area contributed by atoms with E-state index in [1.54, 1.807) is 6.08 Å². The van der Waals surface area contributed by atoms with Crippen molar-refractivity contribution >= 4 is 14.4 Å². The number of hydrogen-bond acceptors (Lipinski definition) is 5. The first-order valence-corrected chi connectivity index (χ1v) is 11.6. The van der Waals surface area contributed by atoms with E-state index >= 15 is 0 Å². The summed E-state index contributed by atoms with van der Waals surface area (Å²) in [6.45, 7) is 12.2. The minimum atomic E-state index is -1.89. The third-order valence-electron chi connectivity index (χ3n) is 4.95.